The van der Waals surface area contributed by atoms with E-state index in [1.165, 1.54) is 0 Å². The number of aromatic nitrogens is 5. The number of aromatic amines is 1. The van der Waals surface area contributed by atoms with E-state index >= 15 is 0 Å². The molecule has 0 spiro atoms. The van der Waals surface area contributed by atoms with Crippen LogP contribution in [0.3, 0.4) is 0 Å². The zero-order valence-electron chi connectivity index (χ0n) is 9.45. The molecule has 0 saturated heterocycles. The molecule has 3 aromatic rings. The molecule has 0 radical (unpaired) electrons. The van der Waals surface area contributed by atoms with Crippen molar-refractivity contribution < 1.29 is 4.52 Å². The Morgan fingerprint density at radius 2 is 2.39 bits per heavy atom. The van der Waals surface area contributed by atoms with Crippen LogP contribution in [0.2, 0.25) is 0 Å². The van der Waals surface area contributed by atoms with E-state index in [1.807, 2.05) is 13.1 Å². The summed E-state index contributed by atoms with van der Waals surface area (Å²) in [5.41, 5.74) is 1.77. The lowest BCUT2D eigenvalue weighted by atomic mass is 10.3. The summed E-state index contributed by atoms with van der Waals surface area (Å²) in [5.74, 6) is 0.777. The van der Waals surface area contributed by atoms with Crippen LogP contribution >= 0.6 is 0 Å². The lowest BCUT2D eigenvalue weighted by Crippen LogP contribution is -1.88. The first-order valence-corrected chi connectivity index (χ1v) is 5.19. The quantitative estimate of drug-likeness (QED) is 0.729. The highest BCUT2D eigenvalue weighted by Crippen LogP contribution is 2.21. The van der Waals surface area contributed by atoms with Crippen LogP contribution in [0.25, 0.3) is 23.0 Å². The molecule has 0 aliphatic rings. The Balaban J connectivity index is 1.96. The Morgan fingerprint density at radius 1 is 1.50 bits per heavy atom. The Bertz CT molecular complexity index is 729. The van der Waals surface area contributed by atoms with E-state index in [2.05, 4.69) is 20.2 Å². The molecule has 0 unspecified atom stereocenters. The van der Waals surface area contributed by atoms with Gasteiger partial charge in [-0.25, -0.2) is 0 Å². The van der Waals surface area contributed by atoms with Crippen LogP contribution in [0.5, 0.6) is 0 Å². The molecule has 0 fully saturated rings. The van der Waals surface area contributed by atoms with Gasteiger partial charge in [0, 0.05) is 19.4 Å². The number of H-pyrrole nitrogens is 1. The predicted octanol–water partition coefficient (Wildman–Crippen LogP) is 1.34. The lowest BCUT2D eigenvalue weighted by Gasteiger charge is -1.85. The van der Waals surface area contributed by atoms with Gasteiger partial charge in [-0.1, -0.05) is 5.16 Å². The van der Waals surface area contributed by atoms with Gasteiger partial charge in [-0.3, -0.25) is 4.68 Å². The molecule has 0 aliphatic heterocycles. The second kappa shape index (κ2) is 3.85. The van der Waals surface area contributed by atoms with E-state index in [4.69, 9.17) is 9.78 Å². The van der Waals surface area contributed by atoms with Crippen molar-refractivity contribution in [3.8, 4) is 29.0 Å². The zero-order valence-corrected chi connectivity index (χ0v) is 9.45. The van der Waals surface area contributed by atoms with E-state index in [-0.39, 0.29) is 0 Å². The van der Waals surface area contributed by atoms with E-state index < -0.39 is 0 Å². The number of nitrogens with one attached hydrogen (secondary N) is 1. The SMILES string of the molecule is Cn1ccc(-c2noc(-c3c[nH]c(C#N)c3)n2)n1. The molecule has 0 saturated carbocycles. The van der Waals surface area contributed by atoms with Gasteiger partial charge in [0.05, 0.1) is 5.56 Å². The van der Waals surface area contributed by atoms with Crippen LogP contribution in [0.4, 0.5) is 0 Å². The number of aryl methyl sites for hydroxylation is 1. The molecular weight excluding hydrogens is 232 g/mol. The first-order chi connectivity index (χ1) is 8.76. The summed E-state index contributed by atoms with van der Waals surface area (Å²) < 4.78 is 6.79. The maximum Gasteiger partial charge on any atom is 0.259 e. The number of hydrogen-bond donors (Lipinski definition) is 1. The predicted molar refractivity (Wildman–Crippen MR) is 61.0 cm³/mol. The van der Waals surface area contributed by atoms with E-state index in [0.29, 0.717) is 28.7 Å². The average Bonchev–Trinajstić information content (AvgIpc) is 3.07. The van der Waals surface area contributed by atoms with Crippen LogP contribution in [0.1, 0.15) is 5.69 Å². The van der Waals surface area contributed by atoms with Crippen molar-refractivity contribution in [2.24, 2.45) is 7.05 Å². The monoisotopic (exact) mass is 240 g/mol. The van der Waals surface area contributed by atoms with Crippen molar-refractivity contribution in [3.63, 3.8) is 0 Å². The third-order valence-electron chi connectivity index (χ3n) is 2.42. The number of nitrogens with zero attached hydrogens (tertiary/aromatic N) is 5. The topological polar surface area (TPSA) is 96.3 Å². The summed E-state index contributed by atoms with van der Waals surface area (Å²) in [4.78, 5) is 7.03. The second-order valence-corrected chi connectivity index (χ2v) is 3.71. The van der Waals surface area contributed by atoms with E-state index in [9.17, 15) is 0 Å². The van der Waals surface area contributed by atoms with Crippen molar-refractivity contribution in [1.29, 1.82) is 5.26 Å². The minimum atomic E-state index is 0.355. The fourth-order valence-corrected chi connectivity index (χ4v) is 1.56. The van der Waals surface area contributed by atoms with Crippen molar-refractivity contribution >= 4 is 0 Å². The van der Waals surface area contributed by atoms with Gasteiger partial charge in [0.15, 0.2) is 0 Å². The minimum absolute atomic E-state index is 0.355. The molecule has 0 bridgehead atoms. The van der Waals surface area contributed by atoms with Gasteiger partial charge >= 0.3 is 0 Å². The smallest absolute Gasteiger partial charge is 0.259 e. The average molecular weight is 240 g/mol. The largest absolute Gasteiger partial charge is 0.352 e. The van der Waals surface area contributed by atoms with Crippen LogP contribution in [-0.4, -0.2) is 24.9 Å². The standard InChI is InChI=1S/C11H8N6O/c1-17-3-2-9(15-17)10-14-11(18-16-10)7-4-8(5-12)13-6-7/h2-4,6,13H,1H3. The van der Waals surface area contributed by atoms with Gasteiger partial charge in [-0.05, 0) is 12.1 Å². The summed E-state index contributed by atoms with van der Waals surface area (Å²) in [5, 5.41) is 16.8. The lowest BCUT2D eigenvalue weighted by molar-refractivity contribution is 0.432. The molecule has 7 nitrogen and oxygen atoms in total. The molecule has 0 aromatic carbocycles. The molecule has 0 amide bonds. The molecule has 3 aromatic heterocycles. The highest BCUT2D eigenvalue weighted by atomic mass is 16.5. The molecule has 18 heavy (non-hydrogen) atoms. The fourth-order valence-electron chi connectivity index (χ4n) is 1.56. The third-order valence-corrected chi connectivity index (χ3v) is 2.42. The number of rotatable bonds is 2. The minimum Gasteiger partial charge on any atom is -0.352 e. The van der Waals surface area contributed by atoms with E-state index in [0.717, 1.165) is 0 Å². The Kier molecular flexibility index (Phi) is 2.20. The van der Waals surface area contributed by atoms with Crippen LogP contribution < -0.4 is 0 Å². The number of nitriles is 1. The Morgan fingerprint density at radius 3 is 3.06 bits per heavy atom. The molecule has 0 atom stereocenters. The summed E-state index contributed by atoms with van der Waals surface area (Å²) in [6.45, 7) is 0. The van der Waals surface area contributed by atoms with E-state index in [1.54, 1.807) is 29.2 Å². The summed E-state index contributed by atoms with van der Waals surface area (Å²) in [7, 11) is 1.82. The zero-order chi connectivity index (χ0) is 12.5. The Hall–Kier alpha value is -2.88. The first-order valence-electron chi connectivity index (χ1n) is 5.19. The van der Waals surface area contributed by atoms with Gasteiger partial charge in [0.2, 0.25) is 5.82 Å². The highest BCUT2D eigenvalue weighted by molar-refractivity contribution is 5.58. The molecule has 3 heterocycles. The first kappa shape index (κ1) is 10.3. The van der Waals surface area contributed by atoms with Gasteiger partial charge < -0.3 is 9.51 Å². The molecular formula is C11H8N6O. The van der Waals surface area contributed by atoms with Gasteiger partial charge in [0.1, 0.15) is 17.5 Å². The maximum absolute atomic E-state index is 8.72. The second-order valence-electron chi connectivity index (χ2n) is 3.71. The van der Waals surface area contributed by atoms with Crippen molar-refractivity contribution in [2.75, 3.05) is 0 Å². The van der Waals surface area contributed by atoms with Crippen LogP contribution in [-0.2, 0) is 7.05 Å². The normalized spacial score (nSPS) is 10.4. The summed E-state index contributed by atoms with van der Waals surface area (Å²) >= 11 is 0. The summed E-state index contributed by atoms with van der Waals surface area (Å²) in [6, 6.07) is 5.44. The Labute approximate surface area is 102 Å². The van der Waals surface area contributed by atoms with Gasteiger partial charge in [-0.15, -0.1) is 0 Å². The molecule has 3 rings (SSSR count). The number of hydrogen-bond acceptors (Lipinski definition) is 5. The molecule has 7 heteroatoms. The van der Waals surface area contributed by atoms with Crippen LogP contribution in [0, 0.1) is 11.3 Å². The third kappa shape index (κ3) is 1.66. The van der Waals surface area contributed by atoms with Gasteiger partial charge in [-0.2, -0.15) is 15.3 Å². The summed E-state index contributed by atoms with van der Waals surface area (Å²) in [6.07, 6.45) is 3.45. The molecule has 0 aliphatic carbocycles. The molecule has 88 valence electrons. The maximum atomic E-state index is 8.72. The van der Waals surface area contributed by atoms with Crippen molar-refractivity contribution in [2.45, 2.75) is 0 Å². The van der Waals surface area contributed by atoms with Crippen molar-refractivity contribution in [3.05, 3.63) is 30.2 Å². The van der Waals surface area contributed by atoms with Gasteiger partial charge in [0.25, 0.3) is 5.89 Å². The highest BCUT2D eigenvalue weighted by Gasteiger charge is 2.13. The van der Waals surface area contributed by atoms with Crippen molar-refractivity contribution in [1.82, 2.24) is 24.9 Å². The van der Waals surface area contributed by atoms with Crippen LogP contribution in [0.15, 0.2) is 29.0 Å². The fraction of sp³-hybridized carbons (Fsp3) is 0.0909. The molecule has 1 N–H and O–H groups in total.